The second kappa shape index (κ2) is 8.97. The lowest BCUT2D eigenvalue weighted by molar-refractivity contribution is -0.115. The fourth-order valence-corrected chi connectivity index (χ4v) is 4.76. The largest absolute Gasteiger partial charge is 0.391 e. The highest BCUT2D eigenvalue weighted by Gasteiger charge is 2.27. The molecule has 5 rings (SSSR count). The molecule has 1 aromatic heterocycles. The summed E-state index contributed by atoms with van der Waals surface area (Å²) in [5, 5.41) is 14.2. The molecule has 9 heteroatoms. The smallest absolute Gasteiger partial charge is 0.264 e. The molecular formula is C24H19ClN4O3S. The lowest BCUT2D eigenvalue weighted by Gasteiger charge is -2.16. The number of amides is 2. The van der Waals surface area contributed by atoms with Gasteiger partial charge in [0.15, 0.2) is 5.17 Å². The fraction of sp³-hybridized carbons (Fsp3) is 0.167. The molecule has 33 heavy (non-hydrogen) atoms. The molecule has 1 atom stereocenters. The summed E-state index contributed by atoms with van der Waals surface area (Å²) in [5.41, 5.74) is 2.59. The van der Waals surface area contributed by atoms with Crippen molar-refractivity contribution in [1.82, 2.24) is 15.2 Å². The number of aromatic nitrogens is 1. The number of fused-ring (bicyclic) bond motifs is 1. The van der Waals surface area contributed by atoms with E-state index >= 15 is 0 Å². The number of carbonyl (C=O) groups excluding carboxylic acids is 2. The van der Waals surface area contributed by atoms with Crippen LogP contribution >= 0.6 is 23.4 Å². The number of carbonyl (C=O) groups is 2. The fourth-order valence-electron chi connectivity index (χ4n) is 3.77. The van der Waals surface area contributed by atoms with Crippen LogP contribution in [0.25, 0.3) is 17.0 Å². The quantitative estimate of drug-likeness (QED) is 0.555. The molecule has 2 fully saturated rings. The van der Waals surface area contributed by atoms with Gasteiger partial charge >= 0.3 is 0 Å². The highest BCUT2D eigenvalue weighted by atomic mass is 35.5. The van der Waals surface area contributed by atoms with Crippen LogP contribution in [0.1, 0.15) is 22.3 Å². The Labute approximate surface area is 199 Å². The van der Waals surface area contributed by atoms with Crippen molar-refractivity contribution >= 4 is 63.0 Å². The molecule has 166 valence electrons. The van der Waals surface area contributed by atoms with Crippen LogP contribution in [0, 0.1) is 0 Å². The average Bonchev–Trinajstić information content (AvgIpc) is 3.40. The van der Waals surface area contributed by atoms with Gasteiger partial charge in [0.25, 0.3) is 11.8 Å². The van der Waals surface area contributed by atoms with Crippen LogP contribution in [0.4, 0.5) is 5.69 Å². The number of likely N-dealkylation sites (tertiary alicyclic amines) is 1. The summed E-state index contributed by atoms with van der Waals surface area (Å²) >= 11 is 7.52. The van der Waals surface area contributed by atoms with Crippen molar-refractivity contribution in [3.05, 3.63) is 75.8 Å². The van der Waals surface area contributed by atoms with Gasteiger partial charge in [-0.05, 0) is 66.2 Å². The Morgan fingerprint density at radius 2 is 2.15 bits per heavy atom. The van der Waals surface area contributed by atoms with Gasteiger partial charge in [0.1, 0.15) is 0 Å². The van der Waals surface area contributed by atoms with Gasteiger partial charge in [0.2, 0.25) is 0 Å². The van der Waals surface area contributed by atoms with E-state index in [2.05, 4.69) is 15.3 Å². The van der Waals surface area contributed by atoms with Crippen LogP contribution in [0.15, 0.2) is 64.6 Å². The predicted molar refractivity (Wildman–Crippen MR) is 131 cm³/mol. The monoisotopic (exact) mass is 478 g/mol. The first-order valence-electron chi connectivity index (χ1n) is 10.4. The third-order valence-corrected chi connectivity index (χ3v) is 6.67. The van der Waals surface area contributed by atoms with Gasteiger partial charge in [-0.2, -0.15) is 0 Å². The van der Waals surface area contributed by atoms with Gasteiger partial charge in [0.05, 0.1) is 27.2 Å². The second-order valence-corrected chi connectivity index (χ2v) is 9.23. The molecule has 0 unspecified atom stereocenters. The Balaban J connectivity index is 1.38. The van der Waals surface area contributed by atoms with E-state index in [1.165, 1.54) is 11.8 Å². The first-order chi connectivity index (χ1) is 16.0. The van der Waals surface area contributed by atoms with Gasteiger partial charge < -0.3 is 15.3 Å². The number of thioether (sulfide) groups is 1. The van der Waals surface area contributed by atoms with Crippen molar-refractivity contribution in [1.29, 1.82) is 0 Å². The van der Waals surface area contributed by atoms with Crippen molar-refractivity contribution in [2.75, 3.05) is 13.1 Å². The summed E-state index contributed by atoms with van der Waals surface area (Å²) in [4.78, 5) is 36.1. The van der Waals surface area contributed by atoms with Crippen LogP contribution in [0.3, 0.4) is 0 Å². The summed E-state index contributed by atoms with van der Waals surface area (Å²) in [6, 6.07) is 14.5. The van der Waals surface area contributed by atoms with E-state index in [1.807, 2.05) is 30.3 Å². The van der Waals surface area contributed by atoms with Crippen LogP contribution in [0.2, 0.25) is 5.02 Å². The molecule has 0 aliphatic carbocycles. The average molecular weight is 479 g/mol. The molecule has 2 aromatic carbocycles. The normalized spacial score (nSPS) is 20.7. The number of benzene rings is 2. The van der Waals surface area contributed by atoms with E-state index in [-0.39, 0.29) is 11.8 Å². The molecule has 2 N–H and O–H groups in total. The van der Waals surface area contributed by atoms with E-state index in [1.54, 1.807) is 35.4 Å². The number of nitrogens with one attached hydrogen (secondary N) is 1. The number of hydrogen-bond acceptors (Lipinski definition) is 6. The highest BCUT2D eigenvalue weighted by Crippen LogP contribution is 2.32. The SMILES string of the molecule is O=C1NC(=Nc2cc(C(=O)N3CC[C@H](O)C3)ccc2Cl)SC1=Cc1ccc2ncccc2c1. The number of β-amino-alcohol motifs (C(OH)–C–C–N with tert-alkyl or cyclic N) is 1. The summed E-state index contributed by atoms with van der Waals surface area (Å²) in [6.45, 7) is 0.827. The maximum Gasteiger partial charge on any atom is 0.264 e. The molecule has 0 bridgehead atoms. The first-order valence-corrected chi connectivity index (χ1v) is 11.6. The van der Waals surface area contributed by atoms with E-state index in [0.29, 0.717) is 45.9 Å². The Bertz CT molecular complexity index is 1340. The van der Waals surface area contributed by atoms with Crippen molar-refractivity contribution in [2.45, 2.75) is 12.5 Å². The number of hydrogen-bond donors (Lipinski definition) is 2. The molecule has 2 amide bonds. The number of halogens is 1. The van der Waals surface area contributed by atoms with Crippen LogP contribution in [0.5, 0.6) is 0 Å². The Kier molecular flexibility index (Phi) is 5.88. The summed E-state index contributed by atoms with van der Waals surface area (Å²) in [7, 11) is 0. The molecule has 3 heterocycles. The molecule has 0 radical (unpaired) electrons. The minimum atomic E-state index is -0.491. The highest BCUT2D eigenvalue weighted by molar-refractivity contribution is 8.18. The maximum atomic E-state index is 12.7. The Hall–Kier alpha value is -3.20. The van der Waals surface area contributed by atoms with Crippen LogP contribution in [-0.4, -0.2) is 51.2 Å². The van der Waals surface area contributed by atoms with E-state index in [4.69, 9.17) is 11.6 Å². The van der Waals surface area contributed by atoms with Gasteiger partial charge in [-0.1, -0.05) is 23.7 Å². The van der Waals surface area contributed by atoms with Crippen LogP contribution in [-0.2, 0) is 4.79 Å². The van der Waals surface area contributed by atoms with E-state index < -0.39 is 6.10 Å². The van der Waals surface area contributed by atoms with Crippen LogP contribution < -0.4 is 5.32 Å². The van der Waals surface area contributed by atoms with Crippen molar-refractivity contribution in [2.24, 2.45) is 4.99 Å². The van der Waals surface area contributed by atoms with Crippen molar-refractivity contribution in [3.8, 4) is 0 Å². The number of nitrogens with zero attached hydrogens (tertiary/aromatic N) is 3. The van der Waals surface area contributed by atoms with E-state index in [0.717, 1.165) is 16.5 Å². The summed E-state index contributed by atoms with van der Waals surface area (Å²) in [5.74, 6) is -0.432. The zero-order valence-corrected chi connectivity index (χ0v) is 18.9. The topological polar surface area (TPSA) is 94.9 Å². The number of amidine groups is 1. The minimum Gasteiger partial charge on any atom is -0.391 e. The second-order valence-electron chi connectivity index (χ2n) is 7.80. The zero-order chi connectivity index (χ0) is 22.9. The third-order valence-electron chi connectivity index (χ3n) is 5.44. The number of aliphatic imine (C=N–C) groups is 1. The lowest BCUT2D eigenvalue weighted by atomic mass is 10.1. The standard InChI is InChI=1S/C24H19ClN4O3S/c25-18-5-4-16(23(32)29-9-7-17(30)13-29)12-20(18)27-24-28-22(31)21(33-24)11-14-3-6-19-15(10-14)2-1-8-26-19/h1-6,8,10-12,17,30H,7,9,13H2,(H,27,28,31)/t17-/m0/s1. The third kappa shape index (κ3) is 4.64. The van der Waals surface area contributed by atoms with Gasteiger partial charge in [0, 0.05) is 30.2 Å². The minimum absolute atomic E-state index is 0.181. The summed E-state index contributed by atoms with van der Waals surface area (Å²) < 4.78 is 0. The van der Waals surface area contributed by atoms with E-state index in [9.17, 15) is 14.7 Å². The summed E-state index contributed by atoms with van der Waals surface area (Å²) in [6.07, 6.45) is 3.62. The molecule has 2 aliphatic rings. The van der Waals surface area contributed by atoms with Crippen molar-refractivity contribution in [3.63, 3.8) is 0 Å². The Morgan fingerprint density at radius 3 is 2.97 bits per heavy atom. The molecule has 2 aliphatic heterocycles. The number of aliphatic hydroxyl groups is 1. The van der Waals surface area contributed by atoms with Gasteiger partial charge in [-0.3, -0.25) is 14.6 Å². The number of rotatable bonds is 3. The number of aliphatic hydroxyl groups excluding tert-OH is 1. The molecule has 2 saturated heterocycles. The van der Waals surface area contributed by atoms with Gasteiger partial charge in [-0.15, -0.1) is 0 Å². The molecule has 7 nitrogen and oxygen atoms in total. The number of pyridine rings is 1. The molecular weight excluding hydrogens is 460 g/mol. The molecule has 0 saturated carbocycles. The lowest BCUT2D eigenvalue weighted by Crippen LogP contribution is -2.29. The predicted octanol–water partition coefficient (Wildman–Crippen LogP) is 3.99. The first kappa shape index (κ1) is 21.6. The maximum absolute atomic E-state index is 12.7. The van der Waals surface area contributed by atoms with Gasteiger partial charge in [-0.25, -0.2) is 4.99 Å². The molecule has 0 spiro atoms. The zero-order valence-electron chi connectivity index (χ0n) is 17.4. The molecule has 3 aromatic rings. The van der Waals surface area contributed by atoms with Crippen molar-refractivity contribution < 1.29 is 14.7 Å². The Morgan fingerprint density at radius 1 is 1.27 bits per heavy atom.